The highest BCUT2D eigenvalue weighted by Gasteiger charge is 2.24. The van der Waals surface area contributed by atoms with Gasteiger partial charge in [0.25, 0.3) is 0 Å². The number of likely N-dealkylation sites (tertiary alicyclic amines) is 1. The maximum Gasteiger partial charge on any atom is 0.00251 e. The minimum absolute atomic E-state index is 0.647. The summed E-state index contributed by atoms with van der Waals surface area (Å²) in [7, 11) is 0. The fourth-order valence-corrected chi connectivity index (χ4v) is 2.48. The topological polar surface area (TPSA) is 3.24 Å². The Morgan fingerprint density at radius 2 is 2.06 bits per heavy atom. The number of hydrogen-bond donors (Lipinski definition) is 0. The molecule has 88 valence electrons. The van der Waals surface area contributed by atoms with Crippen molar-refractivity contribution in [3.63, 3.8) is 0 Å². The van der Waals surface area contributed by atoms with Gasteiger partial charge in [0.1, 0.15) is 0 Å². The van der Waals surface area contributed by atoms with E-state index in [-0.39, 0.29) is 0 Å². The number of hydrogen-bond acceptors (Lipinski definition) is 1. The van der Waals surface area contributed by atoms with Gasteiger partial charge in [-0.15, -0.1) is 0 Å². The van der Waals surface area contributed by atoms with E-state index in [0.717, 1.165) is 5.92 Å². The lowest BCUT2D eigenvalue weighted by molar-refractivity contribution is 0.108. The lowest BCUT2D eigenvalue weighted by atomic mass is 9.90. The molecule has 1 aliphatic heterocycles. The average molecular weight is 217 g/mol. The van der Waals surface area contributed by atoms with Crippen LogP contribution in [0.3, 0.4) is 0 Å². The van der Waals surface area contributed by atoms with Gasteiger partial charge in [-0.2, -0.15) is 0 Å². The van der Waals surface area contributed by atoms with Gasteiger partial charge >= 0.3 is 0 Å². The van der Waals surface area contributed by atoms with Crippen molar-refractivity contribution in [2.24, 2.45) is 5.92 Å². The summed E-state index contributed by atoms with van der Waals surface area (Å²) in [5, 5.41) is 0. The van der Waals surface area contributed by atoms with Crippen LogP contribution in [-0.4, -0.2) is 24.5 Å². The Labute approximate surface area is 99.5 Å². The molecule has 1 heteroatoms. The first kappa shape index (κ1) is 11.7. The predicted molar refractivity (Wildman–Crippen MR) is 69.8 cm³/mol. The molecule has 0 atom stereocenters. The highest BCUT2D eigenvalue weighted by atomic mass is 15.2. The zero-order chi connectivity index (χ0) is 11.5. The highest BCUT2D eigenvalue weighted by molar-refractivity contribution is 5.26. The van der Waals surface area contributed by atoms with Gasteiger partial charge in [-0.25, -0.2) is 0 Å². The summed E-state index contributed by atoms with van der Waals surface area (Å²) in [5.41, 5.74) is 3.00. The summed E-state index contributed by atoms with van der Waals surface area (Å²) < 4.78 is 0. The van der Waals surface area contributed by atoms with E-state index in [4.69, 9.17) is 0 Å². The zero-order valence-electron chi connectivity index (χ0n) is 10.7. The van der Waals surface area contributed by atoms with Crippen molar-refractivity contribution >= 4 is 0 Å². The van der Waals surface area contributed by atoms with Crippen LogP contribution >= 0.6 is 0 Å². The molecule has 0 bridgehead atoms. The van der Waals surface area contributed by atoms with E-state index in [1.807, 2.05) is 0 Å². The predicted octanol–water partition coefficient (Wildman–Crippen LogP) is 3.30. The second-order valence-electron chi connectivity index (χ2n) is 5.32. The van der Waals surface area contributed by atoms with Gasteiger partial charge in [0.2, 0.25) is 0 Å². The van der Waals surface area contributed by atoms with Crippen molar-refractivity contribution in [2.75, 3.05) is 19.6 Å². The Morgan fingerprint density at radius 1 is 1.31 bits per heavy atom. The lowest BCUT2D eigenvalue weighted by Crippen LogP contribution is -2.47. The number of rotatable bonds is 4. The van der Waals surface area contributed by atoms with E-state index in [9.17, 15) is 0 Å². The van der Waals surface area contributed by atoms with Crippen LogP contribution in [0.15, 0.2) is 24.3 Å². The van der Waals surface area contributed by atoms with Crippen LogP contribution in [-0.2, 0) is 6.42 Å². The van der Waals surface area contributed by atoms with E-state index >= 15 is 0 Å². The van der Waals surface area contributed by atoms with Crippen LogP contribution in [0.2, 0.25) is 0 Å². The third-order valence-electron chi connectivity index (χ3n) is 3.62. The molecule has 1 aromatic carbocycles. The molecule has 0 aromatic heterocycles. The van der Waals surface area contributed by atoms with Gasteiger partial charge in [0.05, 0.1) is 0 Å². The fourth-order valence-electron chi connectivity index (χ4n) is 2.48. The zero-order valence-corrected chi connectivity index (χ0v) is 10.7. The summed E-state index contributed by atoms with van der Waals surface area (Å²) in [6, 6.07) is 9.12. The van der Waals surface area contributed by atoms with Crippen molar-refractivity contribution < 1.29 is 0 Å². The minimum Gasteiger partial charge on any atom is -0.303 e. The number of benzene rings is 1. The van der Waals surface area contributed by atoms with E-state index in [2.05, 4.69) is 49.9 Å². The van der Waals surface area contributed by atoms with Crippen molar-refractivity contribution in [1.29, 1.82) is 0 Å². The second kappa shape index (κ2) is 5.01. The van der Waals surface area contributed by atoms with Crippen molar-refractivity contribution in [3.8, 4) is 0 Å². The van der Waals surface area contributed by atoms with Crippen LogP contribution in [0.5, 0.6) is 0 Å². The fraction of sp³-hybridized carbons (Fsp3) is 0.600. The quantitative estimate of drug-likeness (QED) is 0.748. The molecule has 0 N–H and O–H groups in total. The van der Waals surface area contributed by atoms with Crippen molar-refractivity contribution in [2.45, 2.75) is 33.1 Å². The molecule has 1 saturated heterocycles. The Balaban J connectivity index is 1.92. The van der Waals surface area contributed by atoms with E-state index in [1.54, 1.807) is 0 Å². The van der Waals surface area contributed by atoms with E-state index in [1.165, 1.54) is 37.2 Å². The Hall–Kier alpha value is -0.820. The molecule has 1 aliphatic rings. The van der Waals surface area contributed by atoms with Crippen LogP contribution in [0.25, 0.3) is 0 Å². The maximum atomic E-state index is 2.51. The second-order valence-corrected chi connectivity index (χ2v) is 5.32. The Bertz CT molecular complexity index is 337. The van der Waals surface area contributed by atoms with Crippen molar-refractivity contribution in [3.05, 3.63) is 35.4 Å². The largest absolute Gasteiger partial charge is 0.303 e. The molecular weight excluding hydrogens is 194 g/mol. The average Bonchev–Trinajstić information content (AvgIpc) is 2.23. The van der Waals surface area contributed by atoms with Crippen molar-refractivity contribution in [1.82, 2.24) is 4.90 Å². The first-order valence-electron chi connectivity index (χ1n) is 6.50. The molecule has 0 radical (unpaired) electrons. The molecule has 0 saturated carbocycles. The number of nitrogens with zero attached hydrogens (tertiary/aromatic N) is 1. The van der Waals surface area contributed by atoms with Crippen LogP contribution in [0.1, 0.15) is 37.8 Å². The molecule has 1 nitrogen and oxygen atoms in total. The first-order valence-corrected chi connectivity index (χ1v) is 6.50. The molecule has 1 heterocycles. The van der Waals surface area contributed by atoms with Crippen LogP contribution < -0.4 is 0 Å². The molecule has 2 rings (SSSR count). The monoisotopic (exact) mass is 217 g/mol. The lowest BCUT2D eigenvalue weighted by Gasteiger charge is -2.38. The molecule has 0 amide bonds. The standard InChI is InChI=1S/C15H23N/c1-4-16-10-14(11-16)8-13-6-5-7-15(9-13)12(2)3/h5-7,9,12,14H,4,8,10-11H2,1-3H3. The molecule has 0 aliphatic carbocycles. The third-order valence-corrected chi connectivity index (χ3v) is 3.62. The molecule has 1 fully saturated rings. The summed E-state index contributed by atoms with van der Waals surface area (Å²) in [6.07, 6.45) is 1.26. The van der Waals surface area contributed by atoms with E-state index < -0.39 is 0 Å². The molecular formula is C15H23N. The normalized spacial score (nSPS) is 17.8. The third kappa shape index (κ3) is 2.65. The SMILES string of the molecule is CCN1CC(Cc2cccc(C(C)C)c2)C1. The summed E-state index contributed by atoms with van der Waals surface area (Å²) in [6.45, 7) is 10.6. The van der Waals surface area contributed by atoms with Gasteiger partial charge in [-0.05, 0) is 35.9 Å². The molecule has 1 aromatic rings. The van der Waals surface area contributed by atoms with Crippen LogP contribution in [0, 0.1) is 5.92 Å². The van der Waals surface area contributed by atoms with Gasteiger partial charge < -0.3 is 4.90 Å². The summed E-state index contributed by atoms with van der Waals surface area (Å²) in [5.74, 6) is 1.54. The first-order chi connectivity index (χ1) is 7.69. The van der Waals surface area contributed by atoms with Gasteiger partial charge in [0.15, 0.2) is 0 Å². The van der Waals surface area contributed by atoms with Gasteiger partial charge in [-0.3, -0.25) is 0 Å². The summed E-state index contributed by atoms with van der Waals surface area (Å²) >= 11 is 0. The maximum absolute atomic E-state index is 2.51. The molecule has 0 unspecified atom stereocenters. The molecule has 16 heavy (non-hydrogen) atoms. The van der Waals surface area contributed by atoms with Gasteiger partial charge in [0, 0.05) is 13.1 Å². The van der Waals surface area contributed by atoms with Crippen LogP contribution in [0.4, 0.5) is 0 Å². The van der Waals surface area contributed by atoms with E-state index in [0.29, 0.717) is 5.92 Å². The summed E-state index contributed by atoms with van der Waals surface area (Å²) in [4.78, 5) is 2.51. The molecule has 0 spiro atoms. The van der Waals surface area contributed by atoms with Gasteiger partial charge in [-0.1, -0.05) is 45.0 Å². The Kier molecular flexibility index (Phi) is 3.65. The smallest absolute Gasteiger partial charge is 0.00251 e. The minimum atomic E-state index is 0.647. The Morgan fingerprint density at radius 3 is 2.69 bits per heavy atom. The highest BCUT2D eigenvalue weighted by Crippen LogP contribution is 2.22.